The summed E-state index contributed by atoms with van der Waals surface area (Å²) in [7, 11) is -3.47. The molecule has 2 unspecified atom stereocenters. The Morgan fingerprint density at radius 3 is 2.12 bits per heavy atom. The van der Waals surface area contributed by atoms with E-state index < -0.39 is 14.8 Å². The first kappa shape index (κ1) is 10.7. The fourth-order valence-corrected chi connectivity index (χ4v) is 5.92. The molecular weight excluding hydrogens is 226 g/mol. The minimum absolute atomic E-state index is 0.0893. The SMILES string of the molecule is NS(=O)(=O)C12CC3CC(C1)C(C=O)C(C3)C2. The Bertz CT molecular complexity index is 415. The van der Waals surface area contributed by atoms with Gasteiger partial charge >= 0.3 is 0 Å². The van der Waals surface area contributed by atoms with Crippen LogP contribution >= 0.6 is 0 Å². The summed E-state index contributed by atoms with van der Waals surface area (Å²) in [6, 6.07) is 0. The molecule has 0 aromatic rings. The number of rotatable bonds is 2. The van der Waals surface area contributed by atoms with Crippen molar-refractivity contribution in [3.8, 4) is 0 Å². The van der Waals surface area contributed by atoms with E-state index in [2.05, 4.69) is 0 Å². The van der Waals surface area contributed by atoms with Crippen LogP contribution < -0.4 is 5.14 Å². The molecule has 2 N–H and O–H groups in total. The third kappa shape index (κ3) is 1.24. The van der Waals surface area contributed by atoms with Gasteiger partial charge in [0.25, 0.3) is 0 Å². The van der Waals surface area contributed by atoms with Gasteiger partial charge < -0.3 is 4.79 Å². The maximum atomic E-state index is 11.8. The molecule has 2 atom stereocenters. The van der Waals surface area contributed by atoms with Crippen molar-refractivity contribution in [3.05, 3.63) is 0 Å². The number of aldehydes is 1. The first-order valence-electron chi connectivity index (χ1n) is 5.93. The van der Waals surface area contributed by atoms with E-state index in [1.807, 2.05) is 0 Å². The van der Waals surface area contributed by atoms with Crippen molar-refractivity contribution in [2.45, 2.75) is 36.9 Å². The van der Waals surface area contributed by atoms with Gasteiger partial charge in [-0.15, -0.1) is 0 Å². The molecule has 4 bridgehead atoms. The van der Waals surface area contributed by atoms with Crippen molar-refractivity contribution in [2.75, 3.05) is 0 Å². The van der Waals surface area contributed by atoms with Crippen molar-refractivity contribution >= 4 is 16.3 Å². The summed E-state index contributed by atoms with van der Waals surface area (Å²) >= 11 is 0. The van der Waals surface area contributed by atoms with Gasteiger partial charge in [-0.1, -0.05) is 0 Å². The summed E-state index contributed by atoms with van der Waals surface area (Å²) < 4.78 is 22.8. The molecule has 4 rings (SSSR count). The highest BCUT2D eigenvalue weighted by molar-refractivity contribution is 7.90. The van der Waals surface area contributed by atoms with Crippen LogP contribution in [0.25, 0.3) is 0 Å². The van der Waals surface area contributed by atoms with Gasteiger partial charge in [0.2, 0.25) is 10.0 Å². The van der Waals surface area contributed by atoms with E-state index in [1.165, 1.54) is 0 Å². The third-order valence-corrected chi connectivity index (χ3v) is 6.76. The van der Waals surface area contributed by atoms with Crippen LogP contribution in [-0.4, -0.2) is 19.5 Å². The van der Waals surface area contributed by atoms with E-state index in [1.54, 1.807) is 0 Å². The van der Waals surface area contributed by atoms with Crippen molar-refractivity contribution in [3.63, 3.8) is 0 Å². The highest BCUT2D eigenvalue weighted by Crippen LogP contribution is 2.59. The number of primary sulfonamides is 1. The zero-order chi connectivity index (χ0) is 11.6. The van der Waals surface area contributed by atoms with E-state index >= 15 is 0 Å². The van der Waals surface area contributed by atoms with Gasteiger partial charge in [0.1, 0.15) is 6.29 Å². The lowest BCUT2D eigenvalue weighted by Gasteiger charge is -2.57. The molecule has 4 nitrogen and oxygen atoms in total. The molecule has 16 heavy (non-hydrogen) atoms. The average Bonchev–Trinajstić information content (AvgIpc) is 2.14. The van der Waals surface area contributed by atoms with Gasteiger partial charge in [0.15, 0.2) is 0 Å². The maximum Gasteiger partial charge on any atom is 0.214 e. The molecule has 4 saturated carbocycles. The highest BCUT2D eigenvalue weighted by atomic mass is 32.2. The summed E-state index contributed by atoms with van der Waals surface area (Å²) in [6.07, 6.45) is 5.05. The van der Waals surface area contributed by atoms with Crippen molar-refractivity contribution in [2.24, 2.45) is 28.8 Å². The average molecular weight is 243 g/mol. The number of carbonyl (C=O) groups excluding carboxylic acids is 1. The Hall–Kier alpha value is -0.420. The summed E-state index contributed by atoms with van der Waals surface area (Å²) in [5.74, 6) is 1.10. The summed E-state index contributed by atoms with van der Waals surface area (Å²) in [4.78, 5) is 11.1. The largest absolute Gasteiger partial charge is 0.303 e. The van der Waals surface area contributed by atoms with Crippen LogP contribution in [0.2, 0.25) is 0 Å². The van der Waals surface area contributed by atoms with Gasteiger partial charge in [-0.05, 0) is 49.9 Å². The Morgan fingerprint density at radius 1 is 1.12 bits per heavy atom. The van der Waals surface area contributed by atoms with E-state index in [4.69, 9.17) is 5.14 Å². The summed E-state index contributed by atoms with van der Waals surface area (Å²) in [5.41, 5.74) is 0. The summed E-state index contributed by atoms with van der Waals surface area (Å²) in [6.45, 7) is 0. The molecule has 4 aliphatic rings. The van der Waals surface area contributed by atoms with E-state index in [-0.39, 0.29) is 17.8 Å². The van der Waals surface area contributed by atoms with Crippen LogP contribution in [0.15, 0.2) is 0 Å². The first-order valence-corrected chi connectivity index (χ1v) is 7.47. The molecule has 4 fully saturated rings. The fraction of sp³-hybridized carbons (Fsp3) is 0.909. The first-order chi connectivity index (χ1) is 7.45. The van der Waals surface area contributed by atoms with Crippen LogP contribution in [0, 0.1) is 23.7 Å². The van der Waals surface area contributed by atoms with Crippen LogP contribution in [-0.2, 0) is 14.8 Å². The normalized spacial score (nSPS) is 50.6. The number of hydrogen-bond acceptors (Lipinski definition) is 3. The standard InChI is InChI=1S/C11H17NO3S/c12-16(14,15)11-3-7-1-8(4-11)10(6-13)9(2-7)5-11/h6-10H,1-5H2,(H2,12,14,15). The molecule has 90 valence electrons. The smallest absolute Gasteiger partial charge is 0.214 e. The highest BCUT2D eigenvalue weighted by Gasteiger charge is 2.59. The zero-order valence-corrected chi connectivity index (χ0v) is 9.95. The van der Waals surface area contributed by atoms with Crippen LogP contribution in [0.3, 0.4) is 0 Å². The van der Waals surface area contributed by atoms with E-state index in [0.29, 0.717) is 18.8 Å². The van der Waals surface area contributed by atoms with Crippen LogP contribution in [0.5, 0.6) is 0 Å². The number of hydrogen-bond donors (Lipinski definition) is 1. The number of sulfonamides is 1. The Labute approximate surface area is 95.6 Å². The number of nitrogens with two attached hydrogens (primary N) is 1. The quantitative estimate of drug-likeness (QED) is 0.724. The molecule has 0 heterocycles. The van der Waals surface area contributed by atoms with Gasteiger partial charge in [-0.2, -0.15) is 0 Å². The molecule has 0 aromatic heterocycles. The minimum Gasteiger partial charge on any atom is -0.303 e. The van der Waals surface area contributed by atoms with Crippen molar-refractivity contribution < 1.29 is 13.2 Å². The predicted octanol–water partition coefficient (Wildman–Crippen LogP) is 0.669. The van der Waals surface area contributed by atoms with E-state index in [0.717, 1.165) is 25.5 Å². The lowest BCUT2D eigenvalue weighted by molar-refractivity contribution is -0.122. The molecule has 0 radical (unpaired) electrons. The van der Waals surface area contributed by atoms with Crippen LogP contribution in [0.4, 0.5) is 0 Å². The molecule has 0 aliphatic heterocycles. The Morgan fingerprint density at radius 2 is 1.69 bits per heavy atom. The predicted molar refractivity (Wildman–Crippen MR) is 58.9 cm³/mol. The lowest BCUT2D eigenvalue weighted by atomic mass is 9.52. The fourth-order valence-electron chi connectivity index (χ4n) is 4.56. The topological polar surface area (TPSA) is 77.2 Å². The Balaban J connectivity index is 2.02. The van der Waals surface area contributed by atoms with Crippen molar-refractivity contribution in [1.82, 2.24) is 0 Å². The van der Waals surface area contributed by atoms with Gasteiger partial charge in [-0.3, -0.25) is 0 Å². The van der Waals surface area contributed by atoms with Crippen LogP contribution in [0.1, 0.15) is 32.1 Å². The monoisotopic (exact) mass is 243 g/mol. The molecule has 4 aliphatic carbocycles. The molecule has 0 saturated heterocycles. The molecular formula is C11H17NO3S. The zero-order valence-electron chi connectivity index (χ0n) is 9.13. The third-order valence-electron chi connectivity index (χ3n) is 5.05. The lowest BCUT2D eigenvalue weighted by Crippen LogP contribution is -2.60. The van der Waals surface area contributed by atoms with Gasteiger partial charge in [0.05, 0.1) is 4.75 Å². The second-order valence-electron chi connectivity index (χ2n) is 5.91. The maximum absolute atomic E-state index is 11.8. The van der Waals surface area contributed by atoms with Gasteiger partial charge in [-0.25, -0.2) is 13.6 Å². The van der Waals surface area contributed by atoms with Crippen molar-refractivity contribution in [1.29, 1.82) is 0 Å². The molecule has 5 heteroatoms. The molecule has 0 amide bonds. The van der Waals surface area contributed by atoms with E-state index in [9.17, 15) is 13.2 Å². The summed E-state index contributed by atoms with van der Waals surface area (Å²) in [5, 5.41) is 5.41. The molecule has 0 spiro atoms. The molecule has 0 aromatic carbocycles. The van der Waals surface area contributed by atoms with Gasteiger partial charge in [0, 0.05) is 5.92 Å². The second-order valence-corrected chi connectivity index (χ2v) is 7.87. The number of carbonyl (C=O) groups is 1. The Kier molecular flexibility index (Phi) is 2.06. The minimum atomic E-state index is -3.47. The second kappa shape index (κ2) is 3.07.